The van der Waals surface area contributed by atoms with E-state index in [0.717, 1.165) is 18.7 Å². The highest BCUT2D eigenvalue weighted by atomic mass is 16.5. The number of hydrogen-bond donors (Lipinski definition) is 1. The quantitative estimate of drug-likeness (QED) is 0.856. The average Bonchev–Trinajstić information content (AvgIpc) is 3.28. The smallest absolute Gasteiger partial charge is 0.251 e. The van der Waals surface area contributed by atoms with Crippen LogP contribution >= 0.6 is 0 Å². The van der Waals surface area contributed by atoms with Crippen LogP contribution in [0, 0.1) is 11.8 Å². The number of amides is 1. The van der Waals surface area contributed by atoms with Crippen molar-refractivity contribution < 1.29 is 14.3 Å². The molecule has 2 aliphatic rings. The monoisotopic (exact) mass is 329 g/mol. The Morgan fingerprint density at radius 3 is 2.96 bits per heavy atom. The summed E-state index contributed by atoms with van der Waals surface area (Å²) in [7, 11) is 1.68. The number of tetrazole rings is 1. The molecule has 4 rings (SSSR count). The van der Waals surface area contributed by atoms with Crippen LogP contribution in [-0.4, -0.2) is 58.6 Å². The molecular weight excluding hydrogens is 310 g/mol. The Bertz CT molecular complexity index is 703. The van der Waals surface area contributed by atoms with Gasteiger partial charge in [0.25, 0.3) is 5.91 Å². The molecule has 1 aromatic carbocycles. The summed E-state index contributed by atoms with van der Waals surface area (Å²) in [6, 6.07) is 7.31. The van der Waals surface area contributed by atoms with Crippen molar-refractivity contribution in [3.8, 4) is 5.69 Å². The predicted octanol–water partition coefficient (Wildman–Crippen LogP) is 0.442. The highest BCUT2D eigenvalue weighted by Crippen LogP contribution is 2.43. The summed E-state index contributed by atoms with van der Waals surface area (Å²) < 4.78 is 12.6. The van der Waals surface area contributed by atoms with E-state index >= 15 is 0 Å². The molecule has 1 saturated carbocycles. The van der Waals surface area contributed by atoms with Gasteiger partial charge in [0, 0.05) is 37.2 Å². The molecule has 2 fully saturated rings. The van der Waals surface area contributed by atoms with Crippen molar-refractivity contribution in [2.45, 2.75) is 18.6 Å². The number of fused-ring (bicyclic) bond motifs is 1. The summed E-state index contributed by atoms with van der Waals surface area (Å²) in [5.41, 5.74) is 1.42. The van der Waals surface area contributed by atoms with Gasteiger partial charge in [-0.05, 0) is 41.1 Å². The lowest BCUT2D eigenvalue weighted by Crippen LogP contribution is -2.62. The molecule has 24 heavy (non-hydrogen) atoms. The van der Waals surface area contributed by atoms with E-state index in [9.17, 15) is 4.79 Å². The van der Waals surface area contributed by atoms with E-state index in [1.807, 2.05) is 12.1 Å². The zero-order chi connectivity index (χ0) is 16.5. The molecule has 1 amide bonds. The number of hydrogen-bond acceptors (Lipinski definition) is 6. The number of ether oxygens (including phenoxy) is 2. The van der Waals surface area contributed by atoms with Gasteiger partial charge < -0.3 is 14.8 Å². The second kappa shape index (κ2) is 6.29. The summed E-state index contributed by atoms with van der Waals surface area (Å²) in [5.74, 6) is 0.552. The molecule has 1 aliphatic heterocycles. The zero-order valence-corrected chi connectivity index (χ0v) is 13.3. The average molecular weight is 329 g/mol. The molecule has 2 heterocycles. The fourth-order valence-corrected chi connectivity index (χ4v) is 3.71. The molecule has 1 aliphatic carbocycles. The number of methoxy groups -OCH3 is 1. The van der Waals surface area contributed by atoms with E-state index in [4.69, 9.17) is 9.47 Å². The molecule has 1 saturated heterocycles. The third-order valence-corrected chi connectivity index (χ3v) is 4.93. The number of carbonyl (C=O) groups is 1. The van der Waals surface area contributed by atoms with Crippen LogP contribution in [-0.2, 0) is 9.47 Å². The number of nitrogens with zero attached hydrogens (tertiary/aromatic N) is 4. The molecule has 0 bridgehead atoms. The second-order valence-corrected chi connectivity index (χ2v) is 6.21. The first kappa shape index (κ1) is 15.2. The summed E-state index contributed by atoms with van der Waals surface area (Å²) in [6.45, 7) is 1.37. The van der Waals surface area contributed by atoms with Gasteiger partial charge in [-0.15, -0.1) is 5.10 Å². The van der Waals surface area contributed by atoms with Gasteiger partial charge in [0.1, 0.15) is 6.33 Å². The number of aromatic nitrogens is 4. The van der Waals surface area contributed by atoms with Crippen LogP contribution < -0.4 is 5.32 Å². The largest absolute Gasteiger partial charge is 0.384 e. The molecule has 0 radical (unpaired) electrons. The molecule has 8 heteroatoms. The lowest BCUT2D eigenvalue weighted by molar-refractivity contribution is -0.0809. The van der Waals surface area contributed by atoms with Crippen LogP contribution in [0.2, 0.25) is 0 Å². The van der Waals surface area contributed by atoms with E-state index < -0.39 is 0 Å². The molecule has 8 nitrogen and oxygen atoms in total. The predicted molar refractivity (Wildman–Crippen MR) is 83.6 cm³/mol. The van der Waals surface area contributed by atoms with Gasteiger partial charge in [-0.3, -0.25) is 4.79 Å². The fourth-order valence-electron chi connectivity index (χ4n) is 3.71. The standard InChI is InChI=1S/C16H19N5O3/c1-23-8-13-14(12-6-7-24-15(12)13)18-16(22)10-2-4-11(5-3-10)21-9-17-19-20-21/h2-5,9,12-15H,6-8H2,1H3,(H,18,22)/t12-,13+,14-,15-/m0/s1. The SMILES string of the molecule is COC[C@@H]1[C@@H](NC(=O)c2ccc(-n3cnnn3)cc2)[C@@H]2CCO[C@H]12. The molecule has 4 atom stereocenters. The molecule has 1 N–H and O–H groups in total. The third kappa shape index (κ3) is 2.57. The maximum absolute atomic E-state index is 12.5. The number of carbonyl (C=O) groups excluding carboxylic acids is 1. The minimum Gasteiger partial charge on any atom is -0.384 e. The third-order valence-electron chi connectivity index (χ3n) is 4.93. The summed E-state index contributed by atoms with van der Waals surface area (Å²) in [6.07, 6.45) is 2.73. The highest BCUT2D eigenvalue weighted by molar-refractivity contribution is 5.94. The van der Waals surface area contributed by atoms with Crippen LogP contribution in [0.25, 0.3) is 5.69 Å². The van der Waals surface area contributed by atoms with Crippen LogP contribution in [0.15, 0.2) is 30.6 Å². The first-order valence-electron chi connectivity index (χ1n) is 8.03. The molecule has 126 valence electrons. The maximum Gasteiger partial charge on any atom is 0.251 e. The van der Waals surface area contributed by atoms with Gasteiger partial charge in [0.2, 0.25) is 0 Å². The number of rotatable bonds is 5. The molecule has 0 spiro atoms. The van der Waals surface area contributed by atoms with Crippen molar-refractivity contribution in [2.24, 2.45) is 11.8 Å². The van der Waals surface area contributed by atoms with Crippen molar-refractivity contribution in [2.75, 3.05) is 20.3 Å². The van der Waals surface area contributed by atoms with E-state index in [1.54, 1.807) is 23.9 Å². The first-order chi connectivity index (χ1) is 11.8. The van der Waals surface area contributed by atoms with E-state index in [-0.39, 0.29) is 24.0 Å². The van der Waals surface area contributed by atoms with Crippen LogP contribution in [0.4, 0.5) is 0 Å². The van der Waals surface area contributed by atoms with Crippen LogP contribution in [0.5, 0.6) is 0 Å². The Balaban J connectivity index is 1.44. The number of nitrogens with one attached hydrogen (secondary N) is 1. The Hall–Kier alpha value is -2.32. The van der Waals surface area contributed by atoms with E-state index in [2.05, 4.69) is 20.8 Å². The molecule has 2 aromatic rings. The minimum absolute atomic E-state index is 0.0743. The summed E-state index contributed by atoms with van der Waals surface area (Å²) in [4.78, 5) is 12.5. The molecule has 0 unspecified atom stereocenters. The van der Waals surface area contributed by atoms with Gasteiger partial charge in [-0.1, -0.05) is 0 Å². The van der Waals surface area contributed by atoms with E-state index in [1.165, 1.54) is 6.33 Å². The Kier molecular flexibility index (Phi) is 3.99. The Labute approximate surface area is 139 Å². The van der Waals surface area contributed by atoms with Gasteiger partial charge in [0.05, 0.1) is 18.4 Å². The van der Waals surface area contributed by atoms with Crippen molar-refractivity contribution in [1.29, 1.82) is 0 Å². The summed E-state index contributed by atoms with van der Waals surface area (Å²) >= 11 is 0. The summed E-state index contributed by atoms with van der Waals surface area (Å²) in [5, 5.41) is 14.2. The maximum atomic E-state index is 12.5. The second-order valence-electron chi connectivity index (χ2n) is 6.21. The van der Waals surface area contributed by atoms with Crippen molar-refractivity contribution >= 4 is 5.91 Å². The van der Waals surface area contributed by atoms with Gasteiger partial charge in [-0.25, -0.2) is 4.68 Å². The molecule has 1 aromatic heterocycles. The lowest BCUT2D eigenvalue weighted by atomic mass is 9.67. The van der Waals surface area contributed by atoms with Gasteiger partial charge >= 0.3 is 0 Å². The van der Waals surface area contributed by atoms with Crippen molar-refractivity contribution in [3.05, 3.63) is 36.2 Å². The van der Waals surface area contributed by atoms with Gasteiger partial charge in [0.15, 0.2) is 0 Å². The van der Waals surface area contributed by atoms with Crippen LogP contribution in [0.1, 0.15) is 16.8 Å². The van der Waals surface area contributed by atoms with Gasteiger partial charge in [-0.2, -0.15) is 0 Å². The topological polar surface area (TPSA) is 91.2 Å². The van der Waals surface area contributed by atoms with E-state index in [0.29, 0.717) is 18.1 Å². The molecular formula is C16H19N5O3. The fraction of sp³-hybridized carbons (Fsp3) is 0.500. The first-order valence-corrected chi connectivity index (χ1v) is 8.03. The zero-order valence-electron chi connectivity index (χ0n) is 13.3. The van der Waals surface area contributed by atoms with Crippen molar-refractivity contribution in [3.63, 3.8) is 0 Å². The van der Waals surface area contributed by atoms with Crippen molar-refractivity contribution in [1.82, 2.24) is 25.5 Å². The number of benzene rings is 1. The van der Waals surface area contributed by atoms with Crippen LogP contribution in [0.3, 0.4) is 0 Å². The normalized spacial score (nSPS) is 28.2. The lowest BCUT2D eigenvalue weighted by Gasteiger charge is -2.47. The Morgan fingerprint density at radius 2 is 2.25 bits per heavy atom. The highest BCUT2D eigenvalue weighted by Gasteiger charge is 2.54. The minimum atomic E-state index is -0.0743. The Morgan fingerprint density at radius 1 is 1.42 bits per heavy atom.